The summed E-state index contributed by atoms with van der Waals surface area (Å²) in [6, 6.07) is 13.9. The molecule has 100 valence electrons. The van der Waals surface area contributed by atoms with Crippen LogP contribution in [-0.2, 0) is 15.8 Å². The van der Waals surface area contributed by atoms with Gasteiger partial charge in [0, 0.05) is 15.2 Å². The maximum absolute atomic E-state index is 12.0. The van der Waals surface area contributed by atoms with Crippen LogP contribution in [0, 0.1) is 0 Å². The number of nitrogens with one attached hydrogen (secondary N) is 1. The van der Waals surface area contributed by atoms with E-state index in [1.54, 1.807) is 42.5 Å². The van der Waals surface area contributed by atoms with Crippen molar-refractivity contribution in [3.63, 3.8) is 0 Å². The van der Waals surface area contributed by atoms with Gasteiger partial charge in [-0.05, 0) is 29.8 Å². The standard InChI is InChI=1S/C13H11BrClNO2S/c14-11-5-3-6-12(8-11)16-19(17,18)9-10-4-1-2-7-13(10)15/h1-8,16H,9H2. The zero-order chi connectivity index (χ0) is 13.9. The average molecular weight is 361 g/mol. The van der Waals surface area contributed by atoms with E-state index in [-0.39, 0.29) is 5.75 Å². The molecule has 0 aliphatic rings. The number of anilines is 1. The minimum absolute atomic E-state index is 0.154. The van der Waals surface area contributed by atoms with Crippen LogP contribution in [0.25, 0.3) is 0 Å². The van der Waals surface area contributed by atoms with E-state index in [4.69, 9.17) is 11.6 Å². The molecule has 0 bridgehead atoms. The van der Waals surface area contributed by atoms with Crippen LogP contribution in [0.15, 0.2) is 53.0 Å². The molecule has 0 spiro atoms. The van der Waals surface area contributed by atoms with Gasteiger partial charge in [-0.15, -0.1) is 0 Å². The lowest BCUT2D eigenvalue weighted by Crippen LogP contribution is -2.15. The first kappa shape index (κ1) is 14.4. The monoisotopic (exact) mass is 359 g/mol. The van der Waals surface area contributed by atoms with Crippen molar-refractivity contribution in [3.05, 3.63) is 63.6 Å². The molecule has 1 N–H and O–H groups in total. The van der Waals surface area contributed by atoms with Gasteiger partial charge >= 0.3 is 0 Å². The molecule has 3 nitrogen and oxygen atoms in total. The van der Waals surface area contributed by atoms with Crippen LogP contribution in [0.2, 0.25) is 5.02 Å². The second-order valence-electron chi connectivity index (χ2n) is 3.96. The molecule has 0 aliphatic heterocycles. The molecule has 2 rings (SSSR count). The Morgan fingerprint density at radius 1 is 1.11 bits per heavy atom. The predicted octanol–water partition coefficient (Wildman–Crippen LogP) is 4.04. The number of rotatable bonds is 4. The first-order valence-electron chi connectivity index (χ1n) is 5.46. The molecule has 0 amide bonds. The Kier molecular flexibility index (Phi) is 4.50. The molecular formula is C13H11BrClNO2S. The van der Waals surface area contributed by atoms with E-state index in [9.17, 15) is 8.42 Å². The van der Waals surface area contributed by atoms with E-state index in [1.165, 1.54) is 0 Å². The molecule has 0 radical (unpaired) electrons. The molecule has 0 unspecified atom stereocenters. The highest BCUT2D eigenvalue weighted by Crippen LogP contribution is 2.21. The van der Waals surface area contributed by atoms with Gasteiger partial charge in [-0.25, -0.2) is 8.42 Å². The van der Waals surface area contributed by atoms with Gasteiger partial charge in [0.2, 0.25) is 10.0 Å². The van der Waals surface area contributed by atoms with Crippen molar-refractivity contribution in [1.29, 1.82) is 0 Å². The molecule has 0 fully saturated rings. The smallest absolute Gasteiger partial charge is 0.236 e. The summed E-state index contributed by atoms with van der Waals surface area (Å²) < 4.78 is 27.4. The van der Waals surface area contributed by atoms with Gasteiger partial charge in [0.05, 0.1) is 5.75 Å². The van der Waals surface area contributed by atoms with Crippen LogP contribution < -0.4 is 4.72 Å². The Morgan fingerprint density at radius 3 is 2.53 bits per heavy atom. The van der Waals surface area contributed by atoms with Gasteiger partial charge in [0.1, 0.15) is 0 Å². The lowest BCUT2D eigenvalue weighted by Gasteiger charge is -2.09. The lowest BCUT2D eigenvalue weighted by atomic mass is 10.2. The summed E-state index contributed by atoms with van der Waals surface area (Å²) in [6.07, 6.45) is 0. The van der Waals surface area contributed by atoms with Crippen molar-refractivity contribution in [1.82, 2.24) is 0 Å². The summed E-state index contributed by atoms with van der Waals surface area (Å²) >= 11 is 9.25. The average Bonchev–Trinajstić information content (AvgIpc) is 2.31. The van der Waals surface area contributed by atoms with Crippen LogP contribution in [-0.4, -0.2) is 8.42 Å². The molecule has 6 heteroatoms. The molecule has 2 aromatic carbocycles. The Hall–Kier alpha value is -1.04. The van der Waals surface area contributed by atoms with Gasteiger partial charge in [0.15, 0.2) is 0 Å². The summed E-state index contributed by atoms with van der Waals surface area (Å²) in [5.74, 6) is -0.154. The minimum atomic E-state index is -3.48. The van der Waals surface area contributed by atoms with E-state index in [2.05, 4.69) is 20.7 Å². The van der Waals surface area contributed by atoms with Gasteiger partial charge in [-0.2, -0.15) is 0 Å². The molecule has 19 heavy (non-hydrogen) atoms. The third kappa shape index (κ3) is 4.23. The van der Waals surface area contributed by atoms with Crippen molar-refractivity contribution in [2.24, 2.45) is 0 Å². The minimum Gasteiger partial charge on any atom is -0.283 e. The maximum atomic E-state index is 12.0. The third-order valence-corrected chi connectivity index (χ3v) is 4.50. The van der Waals surface area contributed by atoms with E-state index in [0.29, 0.717) is 16.3 Å². The van der Waals surface area contributed by atoms with Gasteiger partial charge < -0.3 is 0 Å². The maximum Gasteiger partial charge on any atom is 0.236 e. The predicted molar refractivity (Wildman–Crippen MR) is 81.8 cm³/mol. The second-order valence-corrected chi connectivity index (χ2v) is 7.01. The van der Waals surface area contributed by atoms with Crippen LogP contribution in [0.4, 0.5) is 5.69 Å². The highest BCUT2D eigenvalue weighted by Gasteiger charge is 2.13. The Labute approximate surface area is 125 Å². The summed E-state index contributed by atoms with van der Waals surface area (Å²) in [6.45, 7) is 0. The fourth-order valence-electron chi connectivity index (χ4n) is 1.59. The van der Waals surface area contributed by atoms with E-state index >= 15 is 0 Å². The molecular weight excluding hydrogens is 350 g/mol. The van der Waals surface area contributed by atoms with Gasteiger partial charge in [0.25, 0.3) is 0 Å². The number of hydrogen-bond acceptors (Lipinski definition) is 2. The summed E-state index contributed by atoms with van der Waals surface area (Å²) in [7, 11) is -3.48. The van der Waals surface area contributed by atoms with Crippen molar-refractivity contribution < 1.29 is 8.42 Å². The number of hydrogen-bond donors (Lipinski definition) is 1. The van der Waals surface area contributed by atoms with Crippen LogP contribution >= 0.6 is 27.5 Å². The molecule has 0 atom stereocenters. The van der Waals surface area contributed by atoms with E-state index in [0.717, 1.165) is 4.47 Å². The largest absolute Gasteiger partial charge is 0.283 e. The van der Waals surface area contributed by atoms with E-state index < -0.39 is 10.0 Å². The molecule has 2 aromatic rings. The Morgan fingerprint density at radius 2 is 1.84 bits per heavy atom. The highest BCUT2D eigenvalue weighted by molar-refractivity contribution is 9.10. The Bertz CT molecular complexity index is 689. The van der Waals surface area contributed by atoms with Crippen molar-refractivity contribution in [2.75, 3.05) is 4.72 Å². The lowest BCUT2D eigenvalue weighted by molar-refractivity contribution is 0.600. The molecule has 0 aliphatic carbocycles. The van der Waals surface area contributed by atoms with Crippen LogP contribution in [0.3, 0.4) is 0 Å². The fraction of sp³-hybridized carbons (Fsp3) is 0.0769. The zero-order valence-electron chi connectivity index (χ0n) is 9.81. The van der Waals surface area contributed by atoms with Crippen molar-refractivity contribution in [2.45, 2.75) is 5.75 Å². The highest BCUT2D eigenvalue weighted by atomic mass is 79.9. The molecule has 0 saturated carbocycles. The molecule has 0 saturated heterocycles. The normalized spacial score (nSPS) is 11.3. The number of halogens is 2. The van der Waals surface area contributed by atoms with Crippen LogP contribution in [0.5, 0.6) is 0 Å². The van der Waals surface area contributed by atoms with Gasteiger partial charge in [-0.3, -0.25) is 4.72 Å². The number of sulfonamides is 1. The molecule has 0 aromatic heterocycles. The molecule has 0 heterocycles. The summed E-state index contributed by atoms with van der Waals surface area (Å²) in [5.41, 5.74) is 1.09. The summed E-state index contributed by atoms with van der Waals surface area (Å²) in [4.78, 5) is 0. The Balaban J connectivity index is 2.18. The van der Waals surface area contributed by atoms with Crippen molar-refractivity contribution in [3.8, 4) is 0 Å². The third-order valence-electron chi connectivity index (χ3n) is 2.40. The SMILES string of the molecule is O=S(=O)(Cc1ccccc1Cl)Nc1cccc(Br)c1. The van der Waals surface area contributed by atoms with E-state index in [1.807, 2.05) is 6.07 Å². The quantitative estimate of drug-likeness (QED) is 0.894. The first-order valence-corrected chi connectivity index (χ1v) is 8.28. The first-order chi connectivity index (χ1) is 8.96. The van der Waals surface area contributed by atoms with Crippen molar-refractivity contribution >= 4 is 43.2 Å². The van der Waals surface area contributed by atoms with Crippen LogP contribution in [0.1, 0.15) is 5.56 Å². The van der Waals surface area contributed by atoms with Gasteiger partial charge in [-0.1, -0.05) is 51.8 Å². The summed E-state index contributed by atoms with van der Waals surface area (Å²) in [5, 5.41) is 0.446. The topological polar surface area (TPSA) is 46.2 Å². The fourth-order valence-corrected chi connectivity index (χ4v) is 3.49. The second kappa shape index (κ2) is 5.94. The zero-order valence-corrected chi connectivity index (χ0v) is 13.0. The number of benzene rings is 2.